The van der Waals surface area contributed by atoms with Crippen molar-refractivity contribution in [3.63, 3.8) is 0 Å². The van der Waals surface area contributed by atoms with Crippen LogP contribution in [0.15, 0.2) is 18.2 Å². The maximum atomic E-state index is 5.26. The monoisotopic (exact) mass is 303 g/mol. The molecule has 2 rings (SSSR count). The van der Waals surface area contributed by atoms with Crippen molar-refractivity contribution < 1.29 is 0 Å². The van der Waals surface area contributed by atoms with Crippen molar-refractivity contribution in [3.05, 3.63) is 27.3 Å². The third-order valence-electron chi connectivity index (χ3n) is 2.39. The lowest BCUT2D eigenvalue weighted by atomic mass is 10.0. The summed E-state index contributed by atoms with van der Waals surface area (Å²) < 4.78 is 1.30. The summed E-state index contributed by atoms with van der Waals surface area (Å²) in [6, 6.07) is 6.53. The number of hydrogen-bond donors (Lipinski definition) is 0. The second kappa shape index (κ2) is 3.53. The summed E-state index contributed by atoms with van der Waals surface area (Å²) in [5.74, 6) is 0. The number of aryl methyl sites for hydroxylation is 1. The van der Waals surface area contributed by atoms with Gasteiger partial charge in [0.05, 0.1) is 4.99 Å². The van der Waals surface area contributed by atoms with Crippen LogP contribution >= 0.6 is 34.8 Å². The Kier molecular flexibility index (Phi) is 2.55. The number of halogens is 1. The number of benzene rings is 1. The molecule has 0 N–H and O–H groups in total. The second-order valence-electron chi connectivity index (χ2n) is 3.23. The minimum absolute atomic E-state index is 1.01. The van der Waals surface area contributed by atoms with E-state index in [1.807, 2.05) is 7.05 Å². The standard InChI is InChI=1S/C10H10INS/c1-12-9-4-3-8(11)6-7(9)2-5-10(12)13/h3-4,6H,2,5H2,1H3. The molecule has 1 aromatic carbocycles. The van der Waals surface area contributed by atoms with E-state index < -0.39 is 0 Å². The van der Waals surface area contributed by atoms with Gasteiger partial charge in [0, 0.05) is 22.7 Å². The van der Waals surface area contributed by atoms with Gasteiger partial charge >= 0.3 is 0 Å². The molecular formula is C10H10INS. The number of fused-ring (bicyclic) bond motifs is 1. The summed E-state index contributed by atoms with van der Waals surface area (Å²) in [5.41, 5.74) is 2.69. The van der Waals surface area contributed by atoms with Gasteiger partial charge in [0.1, 0.15) is 0 Å². The SMILES string of the molecule is CN1C(=S)CCc2cc(I)ccc21. The lowest BCUT2D eigenvalue weighted by Gasteiger charge is -2.28. The van der Waals surface area contributed by atoms with Crippen molar-refractivity contribution in [2.45, 2.75) is 12.8 Å². The molecule has 0 saturated heterocycles. The molecule has 1 aromatic rings. The predicted octanol–water partition coefficient (Wildman–Crippen LogP) is 3.00. The zero-order valence-corrected chi connectivity index (χ0v) is 10.4. The van der Waals surface area contributed by atoms with Crippen LogP contribution in [-0.4, -0.2) is 12.0 Å². The topological polar surface area (TPSA) is 3.24 Å². The van der Waals surface area contributed by atoms with Crippen LogP contribution in [0, 0.1) is 3.57 Å². The zero-order valence-electron chi connectivity index (χ0n) is 7.38. The Morgan fingerprint density at radius 3 is 2.92 bits per heavy atom. The van der Waals surface area contributed by atoms with Gasteiger partial charge in [-0.1, -0.05) is 12.2 Å². The van der Waals surface area contributed by atoms with Crippen LogP contribution in [0.2, 0.25) is 0 Å². The number of nitrogens with zero attached hydrogens (tertiary/aromatic N) is 1. The fraction of sp³-hybridized carbons (Fsp3) is 0.300. The molecule has 0 unspecified atom stereocenters. The van der Waals surface area contributed by atoms with Crippen LogP contribution in [0.3, 0.4) is 0 Å². The summed E-state index contributed by atoms with van der Waals surface area (Å²) in [6.07, 6.45) is 2.11. The van der Waals surface area contributed by atoms with E-state index in [1.54, 1.807) is 0 Å². The van der Waals surface area contributed by atoms with E-state index in [2.05, 4.69) is 45.7 Å². The second-order valence-corrected chi connectivity index (χ2v) is 4.94. The van der Waals surface area contributed by atoms with Crippen LogP contribution < -0.4 is 4.90 Å². The summed E-state index contributed by atoms with van der Waals surface area (Å²) in [6.45, 7) is 0. The molecule has 0 aromatic heterocycles. The molecule has 0 radical (unpaired) electrons. The highest BCUT2D eigenvalue weighted by atomic mass is 127. The molecule has 1 nitrogen and oxygen atoms in total. The largest absolute Gasteiger partial charge is 0.339 e. The molecule has 1 aliphatic rings. The number of thiocarbonyl (C=S) groups is 1. The van der Waals surface area contributed by atoms with Crippen LogP contribution in [0.25, 0.3) is 0 Å². The van der Waals surface area contributed by atoms with E-state index in [0.717, 1.165) is 17.8 Å². The Hall–Kier alpha value is -0.160. The summed E-state index contributed by atoms with van der Waals surface area (Å²) in [5, 5.41) is 0. The van der Waals surface area contributed by atoms with Crippen LogP contribution in [0.1, 0.15) is 12.0 Å². The minimum atomic E-state index is 1.01. The Bertz CT molecular complexity index is 362. The fourth-order valence-corrected chi connectivity index (χ4v) is 2.38. The lowest BCUT2D eigenvalue weighted by molar-refractivity contribution is 0.974. The summed E-state index contributed by atoms with van der Waals surface area (Å²) in [7, 11) is 2.05. The van der Waals surface area contributed by atoms with Gasteiger partial charge in [0.2, 0.25) is 0 Å². The first-order valence-electron chi connectivity index (χ1n) is 4.23. The molecule has 0 spiro atoms. The molecule has 0 bridgehead atoms. The third kappa shape index (κ3) is 1.72. The normalized spacial score (nSPS) is 15.8. The van der Waals surface area contributed by atoms with E-state index in [4.69, 9.17) is 12.2 Å². The highest BCUT2D eigenvalue weighted by molar-refractivity contribution is 14.1. The van der Waals surface area contributed by atoms with Gasteiger partial charge in [0.15, 0.2) is 0 Å². The van der Waals surface area contributed by atoms with E-state index in [-0.39, 0.29) is 0 Å². The maximum absolute atomic E-state index is 5.26. The van der Waals surface area contributed by atoms with Gasteiger partial charge in [0.25, 0.3) is 0 Å². The van der Waals surface area contributed by atoms with Gasteiger partial charge in [-0.15, -0.1) is 0 Å². The lowest BCUT2D eigenvalue weighted by Crippen LogP contribution is -2.29. The highest BCUT2D eigenvalue weighted by Gasteiger charge is 2.17. The quantitative estimate of drug-likeness (QED) is 0.535. The van der Waals surface area contributed by atoms with Gasteiger partial charge in [-0.2, -0.15) is 0 Å². The van der Waals surface area contributed by atoms with E-state index >= 15 is 0 Å². The molecule has 0 aliphatic carbocycles. The number of rotatable bonds is 0. The van der Waals surface area contributed by atoms with Crippen molar-refractivity contribution in [2.24, 2.45) is 0 Å². The average Bonchev–Trinajstić information content (AvgIpc) is 2.12. The zero-order chi connectivity index (χ0) is 9.42. The molecule has 3 heteroatoms. The third-order valence-corrected chi connectivity index (χ3v) is 3.53. The minimum Gasteiger partial charge on any atom is -0.339 e. The average molecular weight is 303 g/mol. The number of hydrogen-bond acceptors (Lipinski definition) is 1. The Labute approximate surface area is 97.3 Å². The first-order valence-corrected chi connectivity index (χ1v) is 5.72. The molecule has 0 amide bonds. The summed E-state index contributed by atoms with van der Waals surface area (Å²) >= 11 is 7.61. The van der Waals surface area contributed by atoms with Gasteiger partial charge in [-0.05, 0) is 52.8 Å². The van der Waals surface area contributed by atoms with E-state index in [0.29, 0.717) is 0 Å². The van der Waals surface area contributed by atoms with E-state index in [1.165, 1.54) is 14.8 Å². The maximum Gasteiger partial charge on any atom is 0.0824 e. The molecule has 1 heterocycles. The number of anilines is 1. The first-order chi connectivity index (χ1) is 6.18. The van der Waals surface area contributed by atoms with Crippen molar-refractivity contribution >= 4 is 45.5 Å². The highest BCUT2D eigenvalue weighted by Crippen LogP contribution is 2.28. The molecule has 13 heavy (non-hydrogen) atoms. The summed E-state index contributed by atoms with van der Waals surface area (Å²) in [4.78, 5) is 3.17. The van der Waals surface area contributed by atoms with Gasteiger partial charge in [-0.3, -0.25) is 0 Å². The fourth-order valence-electron chi connectivity index (χ4n) is 1.63. The molecule has 0 atom stereocenters. The first kappa shape index (κ1) is 9.40. The van der Waals surface area contributed by atoms with Crippen LogP contribution in [0.5, 0.6) is 0 Å². The van der Waals surface area contributed by atoms with E-state index in [9.17, 15) is 0 Å². The Morgan fingerprint density at radius 2 is 2.15 bits per heavy atom. The van der Waals surface area contributed by atoms with Crippen molar-refractivity contribution in [3.8, 4) is 0 Å². The molecule has 1 aliphatic heterocycles. The smallest absolute Gasteiger partial charge is 0.0824 e. The Balaban J connectivity index is 2.49. The molecule has 0 saturated carbocycles. The molecular weight excluding hydrogens is 293 g/mol. The Morgan fingerprint density at radius 1 is 1.38 bits per heavy atom. The predicted molar refractivity (Wildman–Crippen MR) is 68.5 cm³/mol. The molecule has 68 valence electrons. The van der Waals surface area contributed by atoms with Crippen molar-refractivity contribution in [1.82, 2.24) is 0 Å². The van der Waals surface area contributed by atoms with Crippen molar-refractivity contribution in [1.29, 1.82) is 0 Å². The van der Waals surface area contributed by atoms with Gasteiger partial charge < -0.3 is 4.90 Å². The van der Waals surface area contributed by atoms with Gasteiger partial charge in [-0.25, -0.2) is 0 Å². The molecule has 0 fully saturated rings. The van der Waals surface area contributed by atoms with Crippen LogP contribution in [-0.2, 0) is 6.42 Å². The van der Waals surface area contributed by atoms with Crippen LogP contribution in [0.4, 0.5) is 5.69 Å². The van der Waals surface area contributed by atoms with Crippen molar-refractivity contribution in [2.75, 3.05) is 11.9 Å².